The van der Waals surface area contributed by atoms with Crippen molar-refractivity contribution in [2.75, 3.05) is 6.61 Å². The standard InChI is InChI=1S/C21H25N5O2/c1-3-28-15-18-6-4-17(5-7-18)13-24-21(27)25-14-19-8-9-23-20(12-19)26-11-10-22-16(26)2/h4-12H,3,13-15H2,1-2H3,(H2,24,25,27). The van der Waals surface area contributed by atoms with Crippen LogP contribution >= 0.6 is 0 Å². The third-order valence-electron chi connectivity index (χ3n) is 4.28. The fraction of sp³-hybridized carbons (Fsp3) is 0.286. The first-order chi connectivity index (χ1) is 13.7. The molecule has 0 saturated carbocycles. The van der Waals surface area contributed by atoms with Crippen molar-refractivity contribution in [3.8, 4) is 5.82 Å². The molecular weight excluding hydrogens is 354 g/mol. The van der Waals surface area contributed by atoms with E-state index in [1.807, 2.05) is 61.0 Å². The van der Waals surface area contributed by atoms with Crippen molar-refractivity contribution >= 4 is 6.03 Å². The Morgan fingerprint density at radius 2 is 1.71 bits per heavy atom. The smallest absolute Gasteiger partial charge is 0.315 e. The molecule has 0 aliphatic rings. The summed E-state index contributed by atoms with van der Waals surface area (Å²) in [4.78, 5) is 20.7. The van der Waals surface area contributed by atoms with Crippen LogP contribution in [0.1, 0.15) is 29.4 Å². The number of carbonyl (C=O) groups excluding carboxylic acids is 1. The predicted molar refractivity (Wildman–Crippen MR) is 107 cm³/mol. The maximum absolute atomic E-state index is 12.1. The average Bonchev–Trinajstić information content (AvgIpc) is 3.16. The minimum Gasteiger partial charge on any atom is -0.377 e. The average molecular weight is 379 g/mol. The van der Waals surface area contributed by atoms with Crippen LogP contribution in [0.5, 0.6) is 0 Å². The van der Waals surface area contributed by atoms with E-state index in [-0.39, 0.29) is 6.03 Å². The number of nitrogens with zero attached hydrogens (tertiary/aromatic N) is 3. The molecule has 2 aromatic heterocycles. The molecule has 0 aliphatic carbocycles. The number of hydrogen-bond donors (Lipinski definition) is 2. The molecule has 2 amide bonds. The summed E-state index contributed by atoms with van der Waals surface area (Å²) in [5.74, 6) is 1.64. The summed E-state index contributed by atoms with van der Waals surface area (Å²) in [6.45, 7) is 6.09. The largest absolute Gasteiger partial charge is 0.377 e. The van der Waals surface area contributed by atoms with Crippen LogP contribution in [0.3, 0.4) is 0 Å². The van der Waals surface area contributed by atoms with Gasteiger partial charge in [0.1, 0.15) is 11.6 Å². The van der Waals surface area contributed by atoms with Crippen molar-refractivity contribution in [1.29, 1.82) is 0 Å². The lowest BCUT2D eigenvalue weighted by Gasteiger charge is -2.10. The van der Waals surface area contributed by atoms with Gasteiger partial charge in [-0.15, -0.1) is 0 Å². The van der Waals surface area contributed by atoms with Crippen LogP contribution in [0.4, 0.5) is 4.79 Å². The Morgan fingerprint density at radius 1 is 1.00 bits per heavy atom. The van der Waals surface area contributed by atoms with Gasteiger partial charge < -0.3 is 15.4 Å². The summed E-state index contributed by atoms with van der Waals surface area (Å²) in [5.41, 5.74) is 3.13. The lowest BCUT2D eigenvalue weighted by molar-refractivity contribution is 0.134. The number of aromatic nitrogens is 3. The van der Waals surface area contributed by atoms with Crippen LogP contribution in [-0.4, -0.2) is 27.2 Å². The van der Waals surface area contributed by atoms with Crippen molar-refractivity contribution in [3.05, 3.63) is 77.5 Å². The monoisotopic (exact) mass is 379 g/mol. The maximum Gasteiger partial charge on any atom is 0.315 e. The van der Waals surface area contributed by atoms with Gasteiger partial charge in [-0.3, -0.25) is 4.57 Å². The molecule has 7 nitrogen and oxygen atoms in total. The molecule has 28 heavy (non-hydrogen) atoms. The molecule has 3 rings (SSSR count). The summed E-state index contributed by atoms with van der Waals surface area (Å²) in [5, 5.41) is 5.74. The second-order valence-corrected chi connectivity index (χ2v) is 6.36. The fourth-order valence-electron chi connectivity index (χ4n) is 2.72. The quantitative estimate of drug-likeness (QED) is 0.630. The van der Waals surface area contributed by atoms with Crippen LogP contribution in [0.15, 0.2) is 55.0 Å². The zero-order chi connectivity index (χ0) is 19.8. The van der Waals surface area contributed by atoms with Gasteiger partial charge in [-0.2, -0.15) is 0 Å². The molecule has 0 atom stereocenters. The van der Waals surface area contributed by atoms with E-state index in [1.165, 1.54) is 0 Å². The van der Waals surface area contributed by atoms with Crippen molar-refractivity contribution in [3.63, 3.8) is 0 Å². The molecule has 0 radical (unpaired) electrons. The Balaban J connectivity index is 1.47. The number of aryl methyl sites for hydroxylation is 1. The van der Waals surface area contributed by atoms with Gasteiger partial charge in [0.05, 0.1) is 6.61 Å². The lowest BCUT2D eigenvalue weighted by atomic mass is 10.1. The van der Waals surface area contributed by atoms with E-state index in [9.17, 15) is 4.79 Å². The first kappa shape index (κ1) is 19.6. The molecule has 0 bridgehead atoms. The van der Waals surface area contributed by atoms with Gasteiger partial charge in [-0.05, 0) is 42.7 Å². The number of carbonyl (C=O) groups is 1. The Kier molecular flexibility index (Phi) is 6.75. The zero-order valence-corrected chi connectivity index (χ0v) is 16.2. The molecule has 0 fully saturated rings. The van der Waals surface area contributed by atoms with Gasteiger partial charge in [0, 0.05) is 38.3 Å². The Hall–Kier alpha value is -3.19. The van der Waals surface area contributed by atoms with Crippen LogP contribution in [0.2, 0.25) is 0 Å². The number of amides is 2. The van der Waals surface area contributed by atoms with Gasteiger partial charge >= 0.3 is 6.03 Å². The summed E-state index contributed by atoms with van der Waals surface area (Å²) >= 11 is 0. The van der Waals surface area contributed by atoms with Gasteiger partial charge in [0.2, 0.25) is 0 Å². The molecule has 0 saturated heterocycles. The van der Waals surface area contributed by atoms with E-state index in [2.05, 4.69) is 20.6 Å². The third kappa shape index (κ3) is 5.40. The maximum atomic E-state index is 12.1. The van der Waals surface area contributed by atoms with E-state index in [0.717, 1.165) is 28.3 Å². The summed E-state index contributed by atoms with van der Waals surface area (Å²) < 4.78 is 7.28. The van der Waals surface area contributed by atoms with Crippen molar-refractivity contribution < 1.29 is 9.53 Å². The number of nitrogens with one attached hydrogen (secondary N) is 2. The van der Waals surface area contributed by atoms with Crippen molar-refractivity contribution in [1.82, 2.24) is 25.2 Å². The fourth-order valence-corrected chi connectivity index (χ4v) is 2.72. The number of rotatable bonds is 8. The molecule has 2 heterocycles. The van der Waals surface area contributed by atoms with Crippen LogP contribution in [0, 0.1) is 6.92 Å². The highest BCUT2D eigenvalue weighted by molar-refractivity contribution is 5.73. The molecule has 146 valence electrons. The first-order valence-corrected chi connectivity index (χ1v) is 9.28. The molecule has 2 N–H and O–H groups in total. The Bertz CT molecular complexity index is 905. The number of urea groups is 1. The number of benzene rings is 1. The first-order valence-electron chi connectivity index (χ1n) is 9.28. The summed E-state index contributed by atoms with van der Waals surface area (Å²) in [6, 6.07) is 11.6. The van der Waals surface area contributed by atoms with Crippen molar-refractivity contribution in [2.45, 2.75) is 33.5 Å². The van der Waals surface area contributed by atoms with E-state index in [1.54, 1.807) is 12.4 Å². The molecule has 0 spiro atoms. The minimum absolute atomic E-state index is 0.212. The number of imidazole rings is 1. The zero-order valence-electron chi connectivity index (χ0n) is 16.2. The minimum atomic E-state index is -0.212. The molecule has 0 unspecified atom stereocenters. The molecular formula is C21H25N5O2. The van der Waals surface area contributed by atoms with E-state index >= 15 is 0 Å². The molecule has 7 heteroatoms. The molecule has 1 aromatic carbocycles. The second kappa shape index (κ2) is 9.66. The third-order valence-corrected chi connectivity index (χ3v) is 4.28. The van der Waals surface area contributed by atoms with Gasteiger partial charge in [-0.25, -0.2) is 14.8 Å². The van der Waals surface area contributed by atoms with E-state index in [4.69, 9.17) is 4.74 Å². The van der Waals surface area contributed by atoms with E-state index < -0.39 is 0 Å². The van der Waals surface area contributed by atoms with Gasteiger partial charge in [-0.1, -0.05) is 24.3 Å². The topological polar surface area (TPSA) is 81.1 Å². The van der Waals surface area contributed by atoms with Crippen LogP contribution < -0.4 is 10.6 Å². The van der Waals surface area contributed by atoms with Crippen molar-refractivity contribution in [2.24, 2.45) is 0 Å². The van der Waals surface area contributed by atoms with Crippen LogP contribution in [0.25, 0.3) is 5.82 Å². The lowest BCUT2D eigenvalue weighted by Crippen LogP contribution is -2.34. The predicted octanol–water partition coefficient (Wildman–Crippen LogP) is 3.11. The second-order valence-electron chi connectivity index (χ2n) is 6.36. The number of ether oxygens (including phenoxy) is 1. The Morgan fingerprint density at radius 3 is 2.39 bits per heavy atom. The number of pyridine rings is 1. The molecule has 0 aliphatic heterocycles. The SMILES string of the molecule is CCOCc1ccc(CNC(=O)NCc2ccnc(-n3ccnc3C)c2)cc1. The normalized spacial score (nSPS) is 10.6. The summed E-state index contributed by atoms with van der Waals surface area (Å²) in [7, 11) is 0. The highest BCUT2D eigenvalue weighted by Gasteiger charge is 2.05. The Labute approximate surface area is 164 Å². The van der Waals surface area contributed by atoms with Gasteiger partial charge in [0.15, 0.2) is 0 Å². The highest BCUT2D eigenvalue weighted by Crippen LogP contribution is 2.09. The van der Waals surface area contributed by atoms with Crippen LogP contribution in [-0.2, 0) is 24.4 Å². The van der Waals surface area contributed by atoms with Gasteiger partial charge in [0.25, 0.3) is 0 Å². The highest BCUT2D eigenvalue weighted by atomic mass is 16.5. The summed E-state index contributed by atoms with van der Waals surface area (Å²) in [6.07, 6.45) is 5.33. The van der Waals surface area contributed by atoms with E-state index in [0.29, 0.717) is 26.3 Å². The number of hydrogen-bond acceptors (Lipinski definition) is 4. The molecule has 3 aromatic rings.